The SMILES string of the molecule is CCOc1ccc(N2c3ccccc3C2c2ccc(Cl)cc2)cc1. The summed E-state index contributed by atoms with van der Waals surface area (Å²) in [6.45, 7) is 2.68. The molecule has 3 aromatic rings. The molecule has 0 fully saturated rings. The van der Waals surface area contributed by atoms with Gasteiger partial charge in [0, 0.05) is 22.0 Å². The van der Waals surface area contributed by atoms with Crippen molar-refractivity contribution in [1.82, 2.24) is 0 Å². The van der Waals surface area contributed by atoms with E-state index in [-0.39, 0.29) is 6.04 Å². The van der Waals surface area contributed by atoms with Gasteiger partial charge in [-0.05, 0) is 55.0 Å². The number of anilines is 2. The molecular formula is C21H18ClNO. The molecule has 1 aliphatic rings. The minimum absolute atomic E-state index is 0.219. The molecule has 120 valence electrons. The van der Waals surface area contributed by atoms with Crippen molar-refractivity contribution in [2.75, 3.05) is 11.5 Å². The highest BCUT2D eigenvalue weighted by Crippen LogP contribution is 2.51. The fraction of sp³-hybridized carbons (Fsp3) is 0.143. The lowest BCUT2D eigenvalue weighted by Gasteiger charge is -2.45. The first-order valence-corrected chi connectivity index (χ1v) is 8.52. The zero-order valence-corrected chi connectivity index (χ0v) is 14.2. The van der Waals surface area contributed by atoms with Gasteiger partial charge in [0.2, 0.25) is 0 Å². The summed E-state index contributed by atoms with van der Waals surface area (Å²) in [6.07, 6.45) is 0. The molecule has 0 saturated carbocycles. The first-order chi connectivity index (χ1) is 11.8. The topological polar surface area (TPSA) is 12.5 Å². The lowest BCUT2D eigenvalue weighted by atomic mass is 9.87. The Kier molecular flexibility index (Phi) is 3.91. The Morgan fingerprint density at radius 3 is 2.33 bits per heavy atom. The van der Waals surface area contributed by atoms with Gasteiger partial charge in [-0.3, -0.25) is 0 Å². The first kappa shape index (κ1) is 15.1. The van der Waals surface area contributed by atoms with Crippen LogP contribution in [-0.4, -0.2) is 6.61 Å². The molecule has 3 aromatic carbocycles. The van der Waals surface area contributed by atoms with Gasteiger partial charge in [0.25, 0.3) is 0 Å². The van der Waals surface area contributed by atoms with Crippen LogP contribution in [0.3, 0.4) is 0 Å². The summed E-state index contributed by atoms with van der Waals surface area (Å²) in [6, 6.07) is 25.1. The molecule has 0 spiro atoms. The fourth-order valence-electron chi connectivity index (χ4n) is 3.28. The molecule has 3 heteroatoms. The van der Waals surface area contributed by atoms with Crippen LogP contribution < -0.4 is 9.64 Å². The summed E-state index contributed by atoms with van der Waals surface area (Å²) in [4.78, 5) is 2.36. The molecule has 0 bridgehead atoms. The van der Waals surface area contributed by atoms with Crippen LogP contribution in [0.15, 0.2) is 72.8 Å². The van der Waals surface area contributed by atoms with Gasteiger partial charge in [0.15, 0.2) is 0 Å². The van der Waals surface area contributed by atoms with E-state index in [0.29, 0.717) is 6.61 Å². The van der Waals surface area contributed by atoms with Crippen molar-refractivity contribution in [3.05, 3.63) is 88.9 Å². The van der Waals surface area contributed by atoms with Crippen LogP contribution in [0.2, 0.25) is 5.02 Å². The van der Waals surface area contributed by atoms with E-state index >= 15 is 0 Å². The Morgan fingerprint density at radius 2 is 1.62 bits per heavy atom. The number of nitrogens with zero attached hydrogens (tertiary/aromatic N) is 1. The van der Waals surface area contributed by atoms with Gasteiger partial charge in [0.1, 0.15) is 5.75 Å². The Morgan fingerprint density at radius 1 is 0.917 bits per heavy atom. The number of fused-ring (bicyclic) bond motifs is 1. The van der Waals surface area contributed by atoms with Crippen molar-refractivity contribution < 1.29 is 4.74 Å². The molecule has 1 heterocycles. The number of para-hydroxylation sites is 1. The van der Waals surface area contributed by atoms with E-state index < -0.39 is 0 Å². The molecule has 0 radical (unpaired) electrons. The van der Waals surface area contributed by atoms with Crippen LogP contribution in [0.4, 0.5) is 11.4 Å². The third-order valence-corrected chi connectivity index (χ3v) is 4.61. The Hall–Kier alpha value is -2.45. The van der Waals surface area contributed by atoms with Gasteiger partial charge in [0.05, 0.1) is 12.6 Å². The Bertz CT molecular complexity index is 842. The van der Waals surface area contributed by atoms with Crippen LogP contribution in [0.25, 0.3) is 0 Å². The molecular weight excluding hydrogens is 318 g/mol. The van der Waals surface area contributed by atoms with Crippen LogP contribution >= 0.6 is 11.6 Å². The monoisotopic (exact) mass is 335 g/mol. The quantitative estimate of drug-likeness (QED) is 0.581. The van der Waals surface area contributed by atoms with E-state index in [9.17, 15) is 0 Å². The Balaban J connectivity index is 1.73. The summed E-state index contributed by atoms with van der Waals surface area (Å²) in [5.74, 6) is 0.901. The third-order valence-electron chi connectivity index (χ3n) is 4.36. The van der Waals surface area contributed by atoms with E-state index in [1.54, 1.807) is 0 Å². The fourth-order valence-corrected chi connectivity index (χ4v) is 3.41. The van der Waals surface area contributed by atoms with Crippen molar-refractivity contribution in [2.45, 2.75) is 13.0 Å². The number of ether oxygens (including phenoxy) is 1. The summed E-state index contributed by atoms with van der Waals surface area (Å²) in [7, 11) is 0. The average molecular weight is 336 g/mol. The molecule has 24 heavy (non-hydrogen) atoms. The summed E-state index contributed by atoms with van der Waals surface area (Å²) in [5.41, 5.74) is 5.00. The molecule has 1 aliphatic heterocycles. The van der Waals surface area contributed by atoms with Gasteiger partial charge in [-0.1, -0.05) is 41.9 Å². The lowest BCUT2D eigenvalue weighted by Crippen LogP contribution is -2.34. The number of rotatable bonds is 4. The predicted octanol–water partition coefficient (Wildman–Crippen LogP) is 5.98. The minimum Gasteiger partial charge on any atom is -0.494 e. The Labute approximate surface area is 147 Å². The minimum atomic E-state index is 0.219. The maximum absolute atomic E-state index is 6.05. The number of hydrogen-bond donors (Lipinski definition) is 0. The standard InChI is InChI=1S/C21H18ClNO/c1-2-24-18-13-11-17(12-14-18)23-20-6-4-3-5-19(20)21(23)15-7-9-16(22)10-8-15/h3-14,21H,2H2,1H3. The normalized spacial score (nSPS) is 15.6. The van der Waals surface area contributed by atoms with Crippen molar-refractivity contribution in [3.63, 3.8) is 0 Å². The zero-order valence-electron chi connectivity index (χ0n) is 13.4. The molecule has 0 N–H and O–H groups in total. The van der Waals surface area contributed by atoms with Gasteiger partial charge in [-0.15, -0.1) is 0 Å². The molecule has 0 amide bonds. The second kappa shape index (κ2) is 6.21. The zero-order chi connectivity index (χ0) is 16.5. The van der Waals surface area contributed by atoms with E-state index in [2.05, 4.69) is 53.4 Å². The molecule has 0 aliphatic carbocycles. The van der Waals surface area contributed by atoms with E-state index in [4.69, 9.17) is 16.3 Å². The van der Waals surface area contributed by atoms with Crippen molar-refractivity contribution in [2.24, 2.45) is 0 Å². The lowest BCUT2D eigenvalue weighted by molar-refractivity contribution is 0.340. The molecule has 2 nitrogen and oxygen atoms in total. The number of halogens is 1. The first-order valence-electron chi connectivity index (χ1n) is 8.14. The largest absolute Gasteiger partial charge is 0.494 e. The maximum Gasteiger partial charge on any atom is 0.119 e. The van der Waals surface area contributed by atoms with Crippen LogP contribution in [0, 0.1) is 0 Å². The van der Waals surface area contributed by atoms with Crippen molar-refractivity contribution >= 4 is 23.0 Å². The van der Waals surface area contributed by atoms with Gasteiger partial charge >= 0.3 is 0 Å². The van der Waals surface area contributed by atoms with E-state index in [1.807, 2.05) is 31.2 Å². The van der Waals surface area contributed by atoms with Crippen molar-refractivity contribution in [3.8, 4) is 5.75 Å². The summed E-state index contributed by atoms with van der Waals surface area (Å²) >= 11 is 6.05. The second-order valence-corrected chi connectivity index (χ2v) is 6.25. The highest BCUT2D eigenvalue weighted by Gasteiger charge is 2.36. The smallest absolute Gasteiger partial charge is 0.119 e. The van der Waals surface area contributed by atoms with Crippen LogP contribution in [0.5, 0.6) is 5.75 Å². The summed E-state index contributed by atoms with van der Waals surface area (Å²) in [5, 5.41) is 0.763. The molecule has 4 rings (SSSR count). The third kappa shape index (κ3) is 2.53. The van der Waals surface area contributed by atoms with Crippen LogP contribution in [0.1, 0.15) is 24.1 Å². The van der Waals surface area contributed by atoms with Gasteiger partial charge in [-0.2, -0.15) is 0 Å². The summed E-state index contributed by atoms with van der Waals surface area (Å²) < 4.78 is 5.55. The average Bonchev–Trinajstić information content (AvgIpc) is 2.60. The van der Waals surface area contributed by atoms with Gasteiger partial charge in [-0.25, -0.2) is 0 Å². The van der Waals surface area contributed by atoms with Crippen molar-refractivity contribution in [1.29, 1.82) is 0 Å². The maximum atomic E-state index is 6.05. The molecule has 1 unspecified atom stereocenters. The second-order valence-electron chi connectivity index (χ2n) is 5.81. The highest BCUT2D eigenvalue weighted by atomic mass is 35.5. The van der Waals surface area contributed by atoms with Crippen LogP contribution in [-0.2, 0) is 0 Å². The predicted molar refractivity (Wildman–Crippen MR) is 99.5 cm³/mol. The van der Waals surface area contributed by atoms with E-state index in [0.717, 1.165) is 16.5 Å². The van der Waals surface area contributed by atoms with Gasteiger partial charge < -0.3 is 9.64 Å². The number of hydrogen-bond acceptors (Lipinski definition) is 2. The molecule has 0 aromatic heterocycles. The molecule has 0 saturated heterocycles. The van der Waals surface area contributed by atoms with E-state index in [1.165, 1.54) is 16.8 Å². The number of benzene rings is 3. The molecule has 1 atom stereocenters. The highest BCUT2D eigenvalue weighted by molar-refractivity contribution is 6.30.